The number of methoxy groups -OCH3 is 3. The van der Waals surface area contributed by atoms with E-state index < -0.39 is 0 Å². The Bertz CT molecular complexity index is 747. The SMILES string of the molecule is COc1ccc(-c2nc(C)c(CCC(N)=O)c(OC)n2)c(OC)c1. The first-order valence-corrected chi connectivity index (χ1v) is 7.42. The van der Waals surface area contributed by atoms with Crippen molar-refractivity contribution in [2.24, 2.45) is 5.73 Å². The minimum Gasteiger partial charge on any atom is -0.497 e. The van der Waals surface area contributed by atoms with Gasteiger partial charge in [-0.15, -0.1) is 0 Å². The van der Waals surface area contributed by atoms with Crippen LogP contribution in [0.25, 0.3) is 11.4 Å². The molecule has 0 radical (unpaired) electrons. The molecule has 0 bridgehead atoms. The molecule has 24 heavy (non-hydrogen) atoms. The number of nitrogens with zero attached hydrogens (tertiary/aromatic N) is 2. The summed E-state index contributed by atoms with van der Waals surface area (Å²) in [7, 11) is 4.69. The van der Waals surface area contributed by atoms with Crippen molar-refractivity contribution in [3.8, 4) is 28.8 Å². The lowest BCUT2D eigenvalue weighted by atomic mass is 10.1. The van der Waals surface area contributed by atoms with Gasteiger partial charge in [-0.3, -0.25) is 4.79 Å². The van der Waals surface area contributed by atoms with Crippen LogP contribution in [0.2, 0.25) is 0 Å². The van der Waals surface area contributed by atoms with Crippen LogP contribution in [0.5, 0.6) is 17.4 Å². The summed E-state index contributed by atoms with van der Waals surface area (Å²) < 4.78 is 16.0. The number of primary amides is 1. The molecule has 2 N–H and O–H groups in total. The van der Waals surface area contributed by atoms with Crippen LogP contribution in [-0.2, 0) is 11.2 Å². The Balaban J connectivity index is 2.49. The van der Waals surface area contributed by atoms with E-state index in [1.54, 1.807) is 20.3 Å². The van der Waals surface area contributed by atoms with E-state index in [0.717, 1.165) is 16.8 Å². The summed E-state index contributed by atoms with van der Waals surface area (Å²) in [5.41, 5.74) is 7.45. The number of amides is 1. The molecule has 1 amide bonds. The average molecular weight is 331 g/mol. The normalized spacial score (nSPS) is 10.3. The molecule has 1 aromatic carbocycles. The summed E-state index contributed by atoms with van der Waals surface area (Å²) in [5, 5.41) is 0. The standard InChI is InChI=1S/C17H21N3O4/c1-10-12(7-8-15(18)21)17(24-4)20-16(19-10)13-6-5-11(22-2)9-14(13)23-3/h5-6,9H,7-8H2,1-4H3,(H2,18,21). The summed E-state index contributed by atoms with van der Waals surface area (Å²) in [4.78, 5) is 20.0. The Labute approximate surface area is 140 Å². The largest absolute Gasteiger partial charge is 0.497 e. The van der Waals surface area contributed by atoms with Gasteiger partial charge in [0.2, 0.25) is 11.8 Å². The molecule has 0 saturated heterocycles. The number of aromatic nitrogens is 2. The molecule has 0 saturated carbocycles. The third-order valence-corrected chi connectivity index (χ3v) is 3.64. The highest BCUT2D eigenvalue weighted by Crippen LogP contribution is 2.33. The van der Waals surface area contributed by atoms with Gasteiger partial charge in [-0.25, -0.2) is 4.98 Å². The lowest BCUT2D eigenvalue weighted by molar-refractivity contribution is -0.117. The van der Waals surface area contributed by atoms with Crippen LogP contribution in [0.4, 0.5) is 0 Å². The Morgan fingerprint density at radius 3 is 2.46 bits per heavy atom. The molecule has 0 atom stereocenters. The predicted molar refractivity (Wildman–Crippen MR) is 89.4 cm³/mol. The van der Waals surface area contributed by atoms with Gasteiger partial charge in [0.15, 0.2) is 5.82 Å². The number of hydrogen-bond donors (Lipinski definition) is 1. The fourth-order valence-corrected chi connectivity index (χ4v) is 2.38. The van der Waals surface area contributed by atoms with Gasteiger partial charge < -0.3 is 19.9 Å². The zero-order valence-electron chi connectivity index (χ0n) is 14.3. The number of rotatable bonds is 7. The Hall–Kier alpha value is -2.83. The third kappa shape index (κ3) is 3.73. The van der Waals surface area contributed by atoms with Crippen molar-refractivity contribution < 1.29 is 19.0 Å². The van der Waals surface area contributed by atoms with Gasteiger partial charge in [-0.1, -0.05) is 0 Å². The first kappa shape index (κ1) is 17.5. The number of carbonyl (C=O) groups excluding carboxylic acids is 1. The smallest absolute Gasteiger partial charge is 0.220 e. The number of aryl methyl sites for hydroxylation is 1. The molecule has 1 aromatic heterocycles. The molecule has 0 aliphatic heterocycles. The molecule has 0 aliphatic rings. The van der Waals surface area contributed by atoms with Crippen LogP contribution in [0.15, 0.2) is 18.2 Å². The summed E-state index contributed by atoms with van der Waals surface area (Å²) in [6.07, 6.45) is 0.649. The molecule has 7 heteroatoms. The van der Waals surface area contributed by atoms with Crippen LogP contribution in [0.3, 0.4) is 0 Å². The summed E-state index contributed by atoms with van der Waals surface area (Å²) >= 11 is 0. The third-order valence-electron chi connectivity index (χ3n) is 3.64. The van der Waals surface area contributed by atoms with E-state index in [0.29, 0.717) is 29.6 Å². The van der Waals surface area contributed by atoms with E-state index in [1.807, 2.05) is 19.1 Å². The molecular formula is C17H21N3O4. The molecule has 0 fully saturated rings. The monoisotopic (exact) mass is 331 g/mol. The maximum Gasteiger partial charge on any atom is 0.220 e. The molecule has 0 unspecified atom stereocenters. The maximum absolute atomic E-state index is 11.0. The second kappa shape index (κ2) is 7.63. The Kier molecular flexibility index (Phi) is 5.57. The highest BCUT2D eigenvalue weighted by molar-refractivity contribution is 5.74. The first-order valence-electron chi connectivity index (χ1n) is 7.42. The molecule has 2 aromatic rings. The quantitative estimate of drug-likeness (QED) is 0.832. The van der Waals surface area contributed by atoms with E-state index >= 15 is 0 Å². The van der Waals surface area contributed by atoms with Gasteiger partial charge >= 0.3 is 0 Å². The number of nitrogens with two attached hydrogens (primary N) is 1. The van der Waals surface area contributed by atoms with Gasteiger partial charge in [0.25, 0.3) is 0 Å². The second-order valence-electron chi connectivity index (χ2n) is 5.15. The summed E-state index contributed by atoms with van der Waals surface area (Å²) in [6.45, 7) is 1.85. The number of hydrogen-bond acceptors (Lipinski definition) is 6. The molecule has 0 aliphatic carbocycles. The average Bonchev–Trinajstić information content (AvgIpc) is 2.59. The number of benzene rings is 1. The van der Waals surface area contributed by atoms with Crippen LogP contribution in [-0.4, -0.2) is 37.2 Å². The zero-order valence-corrected chi connectivity index (χ0v) is 14.3. The van der Waals surface area contributed by atoms with Gasteiger partial charge in [-0.05, 0) is 25.5 Å². The van der Waals surface area contributed by atoms with E-state index in [4.69, 9.17) is 19.9 Å². The summed E-state index contributed by atoms with van der Waals surface area (Å²) in [5.74, 6) is 1.80. The fraction of sp³-hybridized carbons (Fsp3) is 0.353. The van der Waals surface area contributed by atoms with Crippen molar-refractivity contribution in [1.82, 2.24) is 9.97 Å². The molecule has 0 spiro atoms. The Morgan fingerprint density at radius 1 is 1.12 bits per heavy atom. The van der Waals surface area contributed by atoms with Crippen molar-refractivity contribution in [1.29, 1.82) is 0 Å². The molecular weight excluding hydrogens is 310 g/mol. The summed E-state index contributed by atoms with van der Waals surface area (Å²) in [6, 6.07) is 5.40. The van der Waals surface area contributed by atoms with E-state index in [2.05, 4.69) is 9.97 Å². The topological polar surface area (TPSA) is 96.6 Å². The van der Waals surface area contributed by atoms with Crippen molar-refractivity contribution >= 4 is 5.91 Å². The van der Waals surface area contributed by atoms with Crippen LogP contribution in [0, 0.1) is 6.92 Å². The van der Waals surface area contributed by atoms with E-state index in [-0.39, 0.29) is 12.3 Å². The van der Waals surface area contributed by atoms with Crippen LogP contribution >= 0.6 is 0 Å². The van der Waals surface area contributed by atoms with Crippen molar-refractivity contribution in [2.75, 3.05) is 21.3 Å². The van der Waals surface area contributed by atoms with Gasteiger partial charge in [0, 0.05) is 23.7 Å². The second-order valence-corrected chi connectivity index (χ2v) is 5.15. The zero-order chi connectivity index (χ0) is 17.7. The molecule has 128 valence electrons. The van der Waals surface area contributed by atoms with Gasteiger partial charge in [0.1, 0.15) is 11.5 Å². The van der Waals surface area contributed by atoms with Crippen LogP contribution in [0.1, 0.15) is 17.7 Å². The molecule has 7 nitrogen and oxygen atoms in total. The van der Waals surface area contributed by atoms with E-state index in [1.165, 1.54) is 7.11 Å². The molecule has 1 heterocycles. The lowest BCUT2D eigenvalue weighted by Crippen LogP contribution is -2.13. The minimum atomic E-state index is -0.377. The fourth-order valence-electron chi connectivity index (χ4n) is 2.38. The molecule has 2 rings (SSSR count). The lowest BCUT2D eigenvalue weighted by Gasteiger charge is -2.14. The van der Waals surface area contributed by atoms with Crippen molar-refractivity contribution in [3.63, 3.8) is 0 Å². The first-order chi connectivity index (χ1) is 11.5. The predicted octanol–water partition coefficient (Wildman–Crippen LogP) is 1.90. The highest BCUT2D eigenvalue weighted by Gasteiger charge is 2.17. The number of ether oxygens (including phenoxy) is 3. The van der Waals surface area contributed by atoms with Crippen molar-refractivity contribution in [2.45, 2.75) is 19.8 Å². The van der Waals surface area contributed by atoms with E-state index in [9.17, 15) is 4.79 Å². The van der Waals surface area contributed by atoms with Gasteiger partial charge in [-0.2, -0.15) is 4.98 Å². The van der Waals surface area contributed by atoms with Crippen LogP contribution < -0.4 is 19.9 Å². The van der Waals surface area contributed by atoms with Crippen molar-refractivity contribution in [3.05, 3.63) is 29.5 Å². The van der Waals surface area contributed by atoms with Gasteiger partial charge in [0.05, 0.1) is 26.9 Å². The minimum absolute atomic E-state index is 0.214. The maximum atomic E-state index is 11.0. The highest BCUT2D eigenvalue weighted by atomic mass is 16.5. The Morgan fingerprint density at radius 2 is 1.88 bits per heavy atom. The number of carbonyl (C=O) groups is 1.